The second-order valence-corrected chi connectivity index (χ2v) is 13.0. The molecule has 0 N–H and O–H groups in total. The van der Waals surface area contributed by atoms with Crippen molar-refractivity contribution in [3.8, 4) is 0 Å². The van der Waals surface area contributed by atoms with Crippen LogP contribution < -0.4 is 0 Å². The Morgan fingerprint density at radius 2 is 0.870 bits per heavy atom. The largest absolute Gasteiger partial charge is 0.251 e. The Labute approximate surface area is 295 Å². The molecule has 0 amide bonds. The van der Waals surface area contributed by atoms with Crippen LogP contribution >= 0.6 is 0 Å². The van der Waals surface area contributed by atoms with Gasteiger partial charge in [0.05, 0.1) is 22.8 Å². The van der Waals surface area contributed by atoms with Gasteiger partial charge < -0.3 is 0 Å². The summed E-state index contributed by atoms with van der Waals surface area (Å²) < 4.78 is 0. The third kappa shape index (κ3) is 17.8. The molecule has 0 fully saturated rings. The van der Waals surface area contributed by atoms with Gasteiger partial charge in [0.1, 0.15) is 0 Å². The molecule has 2 nitrogen and oxygen atoms in total. The van der Waals surface area contributed by atoms with E-state index in [0.717, 1.165) is 67.7 Å². The summed E-state index contributed by atoms with van der Waals surface area (Å²) in [6.45, 7) is 13.6. The molecule has 0 aromatic heterocycles. The molecule has 3 heteroatoms. The zero-order valence-electron chi connectivity index (χ0n) is 30.7. The molecule has 46 heavy (non-hydrogen) atoms. The van der Waals surface area contributed by atoms with Gasteiger partial charge in [0.15, 0.2) is 0 Å². The molecule has 0 saturated heterocycles. The third-order valence-corrected chi connectivity index (χ3v) is 9.03. The van der Waals surface area contributed by atoms with Crippen molar-refractivity contribution in [2.75, 3.05) is 0 Å². The Morgan fingerprint density at radius 3 is 1.30 bits per heavy atom. The van der Waals surface area contributed by atoms with Gasteiger partial charge in [-0.2, -0.15) is 0 Å². The summed E-state index contributed by atoms with van der Waals surface area (Å²) in [6.07, 6.45) is 30.9. The normalized spacial score (nSPS) is 12.2. The molecule has 0 unspecified atom stereocenters. The smallest absolute Gasteiger partial charge is 0.0848 e. The van der Waals surface area contributed by atoms with Crippen LogP contribution in [-0.2, 0) is 42.2 Å². The van der Waals surface area contributed by atoms with Crippen molar-refractivity contribution >= 4 is 22.8 Å². The molecule has 2 aromatic carbocycles. The van der Waals surface area contributed by atoms with Gasteiger partial charge in [0.2, 0.25) is 0 Å². The van der Waals surface area contributed by atoms with Gasteiger partial charge in [-0.05, 0) is 104 Å². The van der Waals surface area contributed by atoms with Gasteiger partial charge in [-0.1, -0.05) is 143 Å². The van der Waals surface area contributed by atoms with E-state index in [0.29, 0.717) is 0 Å². The maximum atomic E-state index is 5.40. The van der Waals surface area contributed by atoms with Crippen molar-refractivity contribution in [1.82, 2.24) is 0 Å². The minimum atomic E-state index is 0. The van der Waals surface area contributed by atoms with Gasteiger partial charge in [0, 0.05) is 16.5 Å². The Kier molecular flexibility index (Phi) is 24.7. The summed E-state index contributed by atoms with van der Waals surface area (Å²) >= 11 is 0. The summed E-state index contributed by atoms with van der Waals surface area (Å²) in [5.74, 6) is 0. The topological polar surface area (TPSA) is 24.7 Å². The molecule has 0 aliphatic heterocycles. The number of benzene rings is 2. The molecule has 2 aromatic rings. The van der Waals surface area contributed by atoms with E-state index < -0.39 is 0 Å². The standard InChI is InChI=1S/C43H68N2.Ni/c1-7-13-15-17-19-20-21-22-23-25-27-29-43(45-41-34-38(11-5)31-39(12-6)35-41)42(28-26-24-18-16-14-8-2)44-40-32-36(9-3)30-37(10-4)33-40;/h27,29-35H,7-26,28H2,1-6H3;/b29-27+,44-42?,45-43?;. The number of nitrogens with zero attached hydrogens (tertiary/aromatic N) is 2. The summed E-state index contributed by atoms with van der Waals surface area (Å²) in [5, 5.41) is 0. The molecule has 0 aliphatic carbocycles. The molecule has 0 atom stereocenters. The van der Waals surface area contributed by atoms with Gasteiger partial charge in [-0.25, -0.2) is 4.99 Å². The van der Waals surface area contributed by atoms with Gasteiger partial charge in [0.25, 0.3) is 0 Å². The summed E-state index contributed by atoms with van der Waals surface area (Å²) in [7, 11) is 0. The number of aryl methyl sites for hydroxylation is 4. The molecule has 0 radical (unpaired) electrons. The second kappa shape index (κ2) is 27.0. The number of hydrogen-bond acceptors (Lipinski definition) is 2. The minimum Gasteiger partial charge on any atom is -0.251 e. The van der Waals surface area contributed by atoms with E-state index in [2.05, 4.69) is 90.1 Å². The first-order valence-corrected chi connectivity index (χ1v) is 19.1. The van der Waals surface area contributed by atoms with Crippen molar-refractivity contribution in [3.05, 3.63) is 70.8 Å². The van der Waals surface area contributed by atoms with Crippen LogP contribution in [0.25, 0.3) is 0 Å². The number of unbranched alkanes of at least 4 members (excludes halogenated alkanes) is 14. The fourth-order valence-corrected chi connectivity index (χ4v) is 6.01. The Balaban J connectivity index is 0.0000106. The molecule has 2 rings (SSSR count). The van der Waals surface area contributed by atoms with E-state index >= 15 is 0 Å². The van der Waals surface area contributed by atoms with Crippen molar-refractivity contribution in [2.45, 2.75) is 176 Å². The third-order valence-electron chi connectivity index (χ3n) is 9.03. The van der Waals surface area contributed by atoms with Crippen molar-refractivity contribution in [2.24, 2.45) is 9.98 Å². The van der Waals surface area contributed by atoms with Crippen LogP contribution in [-0.4, -0.2) is 11.4 Å². The van der Waals surface area contributed by atoms with Crippen LogP contribution in [0.1, 0.15) is 173 Å². The van der Waals surface area contributed by atoms with Crippen molar-refractivity contribution in [1.29, 1.82) is 0 Å². The molecule has 0 aliphatic rings. The molecule has 0 bridgehead atoms. The monoisotopic (exact) mass is 670 g/mol. The number of rotatable bonds is 25. The second-order valence-electron chi connectivity index (χ2n) is 13.0. The van der Waals surface area contributed by atoms with Gasteiger partial charge >= 0.3 is 0 Å². The summed E-state index contributed by atoms with van der Waals surface area (Å²) in [5.41, 5.74) is 9.82. The van der Waals surface area contributed by atoms with Crippen LogP contribution in [0, 0.1) is 0 Å². The molecular formula is C43H68N2Ni. The van der Waals surface area contributed by atoms with E-state index in [9.17, 15) is 0 Å². The first-order chi connectivity index (χ1) is 22.1. The fourth-order valence-electron chi connectivity index (χ4n) is 6.01. The maximum Gasteiger partial charge on any atom is 0.0848 e. The maximum absolute atomic E-state index is 5.40. The first kappa shape index (κ1) is 42.0. The average molecular weight is 672 g/mol. The minimum absolute atomic E-state index is 0. The number of hydrogen-bond donors (Lipinski definition) is 0. The van der Waals surface area contributed by atoms with Crippen LogP contribution in [0.2, 0.25) is 0 Å². The zero-order valence-corrected chi connectivity index (χ0v) is 31.7. The van der Waals surface area contributed by atoms with Crippen molar-refractivity contribution in [3.63, 3.8) is 0 Å². The molecule has 260 valence electrons. The number of allylic oxidation sites excluding steroid dienone is 2. The van der Waals surface area contributed by atoms with Crippen LogP contribution in [0.5, 0.6) is 0 Å². The number of aliphatic imine (C=N–C) groups is 2. The first-order valence-electron chi connectivity index (χ1n) is 19.1. The van der Waals surface area contributed by atoms with Gasteiger partial charge in [-0.3, -0.25) is 4.99 Å². The molecule has 0 heterocycles. The van der Waals surface area contributed by atoms with E-state index in [-0.39, 0.29) is 16.5 Å². The molecule has 0 saturated carbocycles. The summed E-state index contributed by atoms with van der Waals surface area (Å²) in [4.78, 5) is 10.8. The summed E-state index contributed by atoms with van der Waals surface area (Å²) in [6, 6.07) is 13.8. The van der Waals surface area contributed by atoms with Crippen molar-refractivity contribution < 1.29 is 16.5 Å². The van der Waals surface area contributed by atoms with E-state index in [1.54, 1.807) is 0 Å². The Morgan fingerprint density at radius 1 is 0.478 bits per heavy atom. The van der Waals surface area contributed by atoms with Gasteiger partial charge in [-0.15, -0.1) is 0 Å². The van der Waals surface area contributed by atoms with E-state index in [4.69, 9.17) is 9.98 Å². The predicted molar refractivity (Wildman–Crippen MR) is 204 cm³/mol. The molecule has 0 spiro atoms. The molecular weight excluding hydrogens is 603 g/mol. The quantitative estimate of drug-likeness (QED) is 0.0570. The zero-order chi connectivity index (χ0) is 32.5. The fraction of sp³-hybridized carbons (Fsp3) is 0.628. The van der Waals surface area contributed by atoms with Crippen LogP contribution in [0.15, 0.2) is 58.5 Å². The Hall–Kier alpha value is -1.99. The van der Waals surface area contributed by atoms with E-state index in [1.165, 1.54) is 112 Å². The van der Waals surface area contributed by atoms with Crippen LogP contribution in [0.4, 0.5) is 11.4 Å². The average Bonchev–Trinajstić information content (AvgIpc) is 3.07. The SMILES string of the molecule is CCCCCCCCCCC/C=C/C(=Nc1cc(CC)cc(CC)c1)C(CCCCCCCC)=Nc1cc(CC)cc(CC)c1.[Ni]. The van der Waals surface area contributed by atoms with Crippen LogP contribution in [0.3, 0.4) is 0 Å². The predicted octanol–water partition coefficient (Wildman–Crippen LogP) is 14.0. The van der Waals surface area contributed by atoms with E-state index in [1.807, 2.05) is 0 Å². The Bertz CT molecular complexity index is 1110.